The van der Waals surface area contributed by atoms with Gasteiger partial charge >= 0.3 is 6.43 Å². The number of methoxy groups -OCH3 is 5. The first-order valence-corrected chi connectivity index (χ1v) is 32.8. The van der Waals surface area contributed by atoms with Crippen LogP contribution in [0.3, 0.4) is 0 Å². The number of halogens is 13. The quantitative estimate of drug-likeness (QED) is 0.0682. The molecule has 0 heterocycles. The molecule has 10 rings (SSSR count). The minimum absolute atomic E-state index is 0.0253. The fourth-order valence-corrected chi connectivity index (χ4v) is 11.7. The first kappa shape index (κ1) is 92.8. The van der Waals surface area contributed by atoms with E-state index in [0.717, 1.165) is 33.8 Å². The van der Waals surface area contributed by atoms with Crippen molar-refractivity contribution in [2.75, 3.05) is 76.5 Å². The summed E-state index contributed by atoms with van der Waals surface area (Å²) >= 11 is 0. The highest BCUT2D eigenvalue weighted by molar-refractivity contribution is 6.02. The zero-order chi connectivity index (χ0) is 78.6. The minimum atomic E-state index is -5.50. The number of benzene rings is 8. The number of rotatable bonds is 16. The topological polar surface area (TPSA) is 124 Å². The molecule has 23 heteroatoms. The van der Waals surface area contributed by atoms with Gasteiger partial charge in [0.2, 0.25) is 27.7 Å². The lowest BCUT2D eigenvalue weighted by atomic mass is 9.65. The van der Waals surface area contributed by atoms with Gasteiger partial charge in [-0.1, -0.05) is 105 Å². The Morgan fingerprint density at radius 1 is 0.346 bits per heavy atom. The Morgan fingerprint density at radius 3 is 0.769 bits per heavy atom. The van der Waals surface area contributed by atoms with Gasteiger partial charge in [-0.2, -0.15) is 0 Å². The van der Waals surface area contributed by atoms with Crippen LogP contribution in [0.5, 0.6) is 34.5 Å². The Kier molecular flexibility index (Phi) is 44.1. The molecule has 104 heavy (non-hydrogen) atoms. The van der Waals surface area contributed by atoms with E-state index in [4.69, 9.17) is 23.7 Å². The fourth-order valence-electron chi connectivity index (χ4n) is 11.7. The maximum absolute atomic E-state index is 11.2. The number of aryl methyl sites for hydroxylation is 4. The molecule has 8 aromatic rings. The molecule has 0 unspecified atom stereocenters. The van der Waals surface area contributed by atoms with Crippen molar-refractivity contribution in [1.29, 1.82) is 0 Å². The number of hydrogen-bond donors (Lipinski definition) is 0. The summed E-state index contributed by atoms with van der Waals surface area (Å²) in [5.41, 5.74) is 13.5. The monoisotopic (exact) mass is 1470 g/mol. The second kappa shape index (κ2) is 49.4. The van der Waals surface area contributed by atoms with Gasteiger partial charge in [0.05, 0.1) is 35.0 Å². The molecule has 0 N–H and O–H groups in total. The molecule has 2 aliphatic rings. The second-order valence-electron chi connectivity index (χ2n) is 23.3. The van der Waals surface area contributed by atoms with E-state index < -0.39 is 34.1 Å². The average molecular weight is 1480 g/mol. The summed E-state index contributed by atoms with van der Waals surface area (Å²) < 4.78 is 158. The van der Waals surface area contributed by atoms with E-state index in [1.54, 1.807) is 103 Å². The van der Waals surface area contributed by atoms with Crippen LogP contribution in [-0.4, -0.2) is 106 Å². The summed E-state index contributed by atoms with van der Waals surface area (Å²) in [6.07, 6.45) is 5.84. The number of Topliss-reactive ketones (excluding diaryl/α,β-unsaturated/α-hetero) is 4. The van der Waals surface area contributed by atoms with E-state index >= 15 is 0 Å². The Hall–Kier alpha value is -9.25. The molecule has 8 aromatic carbocycles. The smallest absolute Gasteiger partial charge is 0.496 e. The molecule has 0 amide bonds. The standard InChI is InChI=1S/C22H28O2.C21H26O2.C16H14O3.C14H12O2.C3H7FO.CF4.4CH2F2/c1-16-14-18(8-10-20(16)23-3)22(12-6-5-7-13-22)19-9-11-21(24-4)17(2)15-19;1-15-13-17(7-9-19(15)22-3)21(11-5-6-12-21)18-8-10-20(23-4)16(2)14-18;1-11(17)13-3-7-15(8-4-13)19-16-9-5-14(6-10-16)12(2)18;1-9(15)11-3-5-14-8-12(10(2)16)4-6-13(14)7-11;1-5-3-2-4;2-1(3,4)5;4*2-1-3/h8-11,14-15H,5-7,12-13H2,1-4H3;7-10,13-14H,5-6,11-12H2,1-4H3;3-10H,1-2H3;3-8H,1-2H3;2-3H2,1H3;;4*1H2. The van der Waals surface area contributed by atoms with E-state index in [1.807, 2.05) is 24.3 Å². The van der Waals surface area contributed by atoms with Gasteiger partial charge in [0.15, 0.2) is 23.1 Å². The predicted molar refractivity (Wildman–Crippen MR) is 384 cm³/mol. The molecule has 0 radical (unpaired) electrons. The molecule has 0 aromatic heterocycles. The molecule has 2 saturated carbocycles. The first-order valence-electron chi connectivity index (χ1n) is 32.8. The lowest BCUT2D eigenvalue weighted by molar-refractivity contribution is -0.237. The third-order valence-corrected chi connectivity index (χ3v) is 16.6. The molecule has 0 spiro atoms. The van der Waals surface area contributed by atoms with Crippen LogP contribution < -0.4 is 23.7 Å². The van der Waals surface area contributed by atoms with E-state index in [9.17, 15) is 76.3 Å². The molecular formula is C81H95F13O10. The Balaban J connectivity index is 0.000000636. The SMILES string of the molecule is CC(=O)c1ccc(Oc2ccc(C(C)=O)cc2)cc1.CC(=O)c1ccc2cc(C(C)=O)ccc2c1.COCCF.COc1ccc(C2(c3ccc(OC)c(C)c3)CCCC2)cc1C.COc1ccc(C2(c3ccc(OC)c(C)c3)CCCCC2)cc1C.FC(F)(F)F.FCF.FCF.FCF.FCF. The van der Waals surface area contributed by atoms with Gasteiger partial charge in [0.1, 0.15) is 41.2 Å². The highest BCUT2D eigenvalue weighted by Gasteiger charge is 2.39. The van der Waals surface area contributed by atoms with Crippen molar-refractivity contribution in [1.82, 2.24) is 0 Å². The normalized spacial score (nSPS) is 12.6. The largest absolute Gasteiger partial charge is 0.559 e. The summed E-state index contributed by atoms with van der Waals surface area (Å²) in [6.45, 7) is 7.52. The van der Waals surface area contributed by atoms with Crippen molar-refractivity contribution >= 4 is 33.9 Å². The van der Waals surface area contributed by atoms with Gasteiger partial charge in [0.25, 0.3) is 0 Å². The van der Waals surface area contributed by atoms with Crippen molar-refractivity contribution in [3.05, 3.63) is 224 Å². The van der Waals surface area contributed by atoms with E-state index in [-0.39, 0.29) is 47.2 Å². The second-order valence-corrected chi connectivity index (χ2v) is 23.3. The van der Waals surface area contributed by atoms with Crippen LogP contribution in [-0.2, 0) is 15.6 Å². The summed E-state index contributed by atoms with van der Waals surface area (Å²) in [7, 11) is 8.43. The Morgan fingerprint density at radius 2 is 0.577 bits per heavy atom. The molecule has 0 bridgehead atoms. The summed E-state index contributed by atoms with van der Waals surface area (Å²) in [6, 6.07) is 51.6. The van der Waals surface area contributed by atoms with Crippen LogP contribution in [0.25, 0.3) is 10.8 Å². The first-order chi connectivity index (χ1) is 49.4. The Labute approximate surface area is 602 Å². The van der Waals surface area contributed by atoms with Crippen LogP contribution in [0, 0.1) is 27.7 Å². The van der Waals surface area contributed by atoms with Crippen LogP contribution >= 0.6 is 0 Å². The highest BCUT2D eigenvalue weighted by Crippen LogP contribution is 2.49. The van der Waals surface area contributed by atoms with Crippen LogP contribution in [0.15, 0.2) is 158 Å². The lowest BCUT2D eigenvalue weighted by Crippen LogP contribution is -2.30. The molecule has 10 nitrogen and oxygen atoms in total. The molecule has 2 aliphatic carbocycles. The van der Waals surface area contributed by atoms with Crippen molar-refractivity contribution in [2.45, 2.75) is 130 Å². The molecule has 0 atom stereocenters. The van der Waals surface area contributed by atoms with E-state index in [1.165, 1.54) is 123 Å². The van der Waals surface area contributed by atoms with Gasteiger partial charge in [-0.05, 0) is 221 Å². The van der Waals surface area contributed by atoms with Crippen molar-refractivity contribution < 1.29 is 105 Å². The van der Waals surface area contributed by atoms with Gasteiger partial charge in [-0.15, -0.1) is 17.6 Å². The molecule has 0 aliphatic heterocycles. The van der Waals surface area contributed by atoms with Crippen LogP contribution in [0.1, 0.15) is 171 Å². The molecule has 570 valence electrons. The number of hydrogen-bond acceptors (Lipinski definition) is 10. The number of carbonyl (C=O) groups excluding carboxylic acids is 4. The Bertz CT molecular complexity index is 3580. The number of ketones is 4. The number of ether oxygens (including phenoxy) is 6. The average Bonchev–Trinajstić information content (AvgIpc) is 1.22. The number of alkyl halides is 13. The minimum Gasteiger partial charge on any atom is -0.496 e. The zero-order valence-electron chi connectivity index (χ0n) is 61.1. The number of fused-ring (bicyclic) bond motifs is 1. The van der Waals surface area contributed by atoms with E-state index in [2.05, 4.69) is 105 Å². The molecule has 2 fully saturated rings. The zero-order valence-corrected chi connectivity index (χ0v) is 61.1. The van der Waals surface area contributed by atoms with Crippen LogP contribution in [0.4, 0.5) is 57.1 Å². The molecule has 0 saturated heterocycles. The van der Waals surface area contributed by atoms with Gasteiger partial charge in [-0.25, -0.2) is 39.5 Å². The fraction of sp³-hybridized carbons (Fsp3) is 0.383. The van der Waals surface area contributed by atoms with E-state index in [0.29, 0.717) is 33.8 Å². The third kappa shape index (κ3) is 31.4. The van der Waals surface area contributed by atoms with Gasteiger partial charge < -0.3 is 28.4 Å². The summed E-state index contributed by atoms with van der Waals surface area (Å²) in [5.74, 6) is 5.33. The van der Waals surface area contributed by atoms with Crippen molar-refractivity contribution in [2.24, 2.45) is 0 Å². The van der Waals surface area contributed by atoms with Gasteiger partial charge in [0, 0.05) is 40.2 Å². The maximum Gasteiger partial charge on any atom is 0.559 e. The summed E-state index contributed by atoms with van der Waals surface area (Å²) in [4.78, 5) is 44.7. The molecular weight excluding hydrogens is 1380 g/mol. The summed E-state index contributed by atoms with van der Waals surface area (Å²) in [5, 5.41) is 1.97. The number of carbonyl (C=O) groups is 4. The maximum atomic E-state index is 11.2. The van der Waals surface area contributed by atoms with Gasteiger partial charge in [-0.3, -0.25) is 19.2 Å². The van der Waals surface area contributed by atoms with Crippen molar-refractivity contribution in [3.63, 3.8) is 0 Å². The highest BCUT2D eigenvalue weighted by atomic mass is 19.5. The lowest BCUT2D eigenvalue weighted by Gasteiger charge is -2.39. The van der Waals surface area contributed by atoms with Crippen LogP contribution in [0.2, 0.25) is 0 Å². The van der Waals surface area contributed by atoms with Crippen molar-refractivity contribution in [3.8, 4) is 34.5 Å². The predicted octanol–water partition coefficient (Wildman–Crippen LogP) is 23.5. The third-order valence-electron chi connectivity index (χ3n) is 16.6.